The fourth-order valence-electron chi connectivity index (χ4n) is 3.44. The van der Waals surface area contributed by atoms with E-state index in [0.717, 1.165) is 10.9 Å². The van der Waals surface area contributed by atoms with E-state index in [1.54, 1.807) is 33.5 Å². The molecule has 0 radical (unpaired) electrons. The molecule has 5 heteroatoms. The number of benzene rings is 3. The summed E-state index contributed by atoms with van der Waals surface area (Å²) in [6.45, 7) is 0. The molecule has 4 rings (SSSR count). The van der Waals surface area contributed by atoms with Crippen molar-refractivity contribution < 1.29 is 23.4 Å². The summed E-state index contributed by atoms with van der Waals surface area (Å²) in [4.78, 5) is 13.3. The molecule has 0 spiro atoms. The summed E-state index contributed by atoms with van der Waals surface area (Å²) >= 11 is 0. The van der Waals surface area contributed by atoms with Crippen LogP contribution in [0.4, 0.5) is 0 Å². The number of carbonyl (C=O) groups excluding carboxylic acids is 1. The summed E-state index contributed by atoms with van der Waals surface area (Å²) in [5, 5.41) is 0.834. The molecule has 0 atom stereocenters. The average molecular weight is 388 g/mol. The summed E-state index contributed by atoms with van der Waals surface area (Å²) in [6.07, 6.45) is 0. The highest BCUT2D eigenvalue weighted by Gasteiger charge is 2.25. The lowest BCUT2D eigenvalue weighted by Gasteiger charge is -2.14. The first-order chi connectivity index (χ1) is 14.2. The normalized spacial score (nSPS) is 10.7. The minimum Gasteiger partial charge on any atom is -0.493 e. The van der Waals surface area contributed by atoms with Crippen LogP contribution in [0, 0.1) is 0 Å². The van der Waals surface area contributed by atoms with Gasteiger partial charge in [0.1, 0.15) is 5.58 Å². The Morgan fingerprint density at radius 3 is 2.03 bits per heavy atom. The van der Waals surface area contributed by atoms with Crippen molar-refractivity contribution in [2.45, 2.75) is 0 Å². The molecular formula is C24H20O5. The molecule has 0 aliphatic heterocycles. The van der Waals surface area contributed by atoms with Crippen molar-refractivity contribution in [1.82, 2.24) is 0 Å². The predicted molar refractivity (Wildman–Crippen MR) is 111 cm³/mol. The van der Waals surface area contributed by atoms with E-state index in [4.69, 9.17) is 18.6 Å². The Hall–Kier alpha value is -3.73. The monoisotopic (exact) mass is 388 g/mol. The van der Waals surface area contributed by atoms with Crippen molar-refractivity contribution in [2.75, 3.05) is 21.3 Å². The second-order valence-corrected chi connectivity index (χ2v) is 6.41. The van der Waals surface area contributed by atoms with Crippen molar-refractivity contribution >= 4 is 16.8 Å². The van der Waals surface area contributed by atoms with Gasteiger partial charge in [-0.15, -0.1) is 0 Å². The molecule has 0 fully saturated rings. The van der Waals surface area contributed by atoms with Crippen LogP contribution in [-0.2, 0) is 0 Å². The summed E-state index contributed by atoms with van der Waals surface area (Å²) in [5.41, 5.74) is 2.62. The van der Waals surface area contributed by atoms with Crippen LogP contribution in [0.1, 0.15) is 16.1 Å². The van der Waals surface area contributed by atoms with Crippen molar-refractivity contribution in [3.8, 4) is 28.4 Å². The average Bonchev–Trinajstić information content (AvgIpc) is 3.17. The van der Waals surface area contributed by atoms with Gasteiger partial charge in [-0.2, -0.15) is 0 Å². The fraction of sp³-hybridized carbons (Fsp3) is 0.125. The Kier molecular flexibility index (Phi) is 4.96. The third-order valence-electron chi connectivity index (χ3n) is 4.79. The molecule has 4 aromatic rings. The van der Waals surface area contributed by atoms with Crippen LogP contribution in [0.3, 0.4) is 0 Å². The van der Waals surface area contributed by atoms with Gasteiger partial charge in [0.25, 0.3) is 0 Å². The Balaban J connectivity index is 2.00. The summed E-state index contributed by atoms with van der Waals surface area (Å²) in [6, 6.07) is 20.3. The predicted octanol–water partition coefficient (Wildman–Crippen LogP) is 5.36. The molecule has 0 bridgehead atoms. The number of ether oxygens (including phenoxy) is 3. The lowest BCUT2D eigenvalue weighted by atomic mass is 9.97. The van der Waals surface area contributed by atoms with E-state index in [1.165, 1.54) is 0 Å². The number of ketones is 1. The number of hydrogen-bond acceptors (Lipinski definition) is 5. The number of methoxy groups -OCH3 is 3. The van der Waals surface area contributed by atoms with E-state index in [9.17, 15) is 4.79 Å². The van der Waals surface area contributed by atoms with E-state index in [-0.39, 0.29) is 11.5 Å². The van der Waals surface area contributed by atoms with Gasteiger partial charge < -0.3 is 18.6 Å². The SMILES string of the molecule is COc1cc(-c2c(C(=O)c3ccccc3)oc3ccccc23)cc(OC)c1OC. The van der Waals surface area contributed by atoms with Gasteiger partial charge in [-0.3, -0.25) is 4.79 Å². The number of carbonyl (C=O) groups is 1. The van der Waals surface area contributed by atoms with Gasteiger partial charge in [-0.05, 0) is 23.8 Å². The highest BCUT2D eigenvalue weighted by atomic mass is 16.5. The maximum Gasteiger partial charge on any atom is 0.228 e. The first kappa shape index (κ1) is 18.6. The number of fused-ring (bicyclic) bond motifs is 1. The molecular weight excluding hydrogens is 368 g/mol. The van der Waals surface area contributed by atoms with E-state index in [1.807, 2.05) is 54.6 Å². The topological polar surface area (TPSA) is 57.9 Å². The van der Waals surface area contributed by atoms with Crippen LogP contribution in [0.2, 0.25) is 0 Å². The number of furan rings is 1. The zero-order chi connectivity index (χ0) is 20.4. The highest BCUT2D eigenvalue weighted by Crippen LogP contribution is 2.44. The molecule has 0 unspecified atom stereocenters. The Morgan fingerprint density at radius 1 is 0.793 bits per heavy atom. The third kappa shape index (κ3) is 3.21. The maximum atomic E-state index is 13.3. The van der Waals surface area contributed by atoms with Crippen LogP contribution in [-0.4, -0.2) is 27.1 Å². The van der Waals surface area contributed by atoms with Gasteiger partial charge in [0, 0.05) is 16.5 Å². The molecule has 0 aliphatic carbocycles. The molecule has 146 valence electrons. The molecule has 5 nitrogen and oxygen atoms in total. The molecule has 0 aliphatic rings. The largest absolute Gasteiger partial charge is 0.493 e. The first-order valence-corrected chi connectivity index (χ1v) is 9.09. The van der Waals surface area contributed by atoms with E-state index in [2.05, 4.69) is 0 Å². The van der Waals surface area contributed by atoms with Crippen LogP contribution < -0.4 is 14.2 Å². The highest BCUT2D eigenvalue weighted by molar-refractivity contribution is 6.15. The van der Waals surface area contributed by atoms with Gasteiger partial charge in [-0.1, -0.05) is 48.5 Å². The minimum atomic E-state index is -0.189. The second kappa shape index (κ2) is 7.72. The van der Waals surface area contributed by atoms with Crippen molar-refractivity contribution in [2.24, 2.45) is 0 Å². The quantitative estimate of drug-likeness (QED) is 0.416. The number of hydrogen-bond donors (Lipinski definition) is 0. The van der Waals surface area contributed by atoms with Gasteiger partial charge in [0.05, 0.1) is 21.3 Å². The zero-order valence-corrected chi connectivity index (χ0v) is 16.4. The van der Waals surface area contributed by atoms with Crippen LogP contribution in [0.25, 0.3) is 22.1 Å². The van der Waals surface area contributed by atoms with Crippen molar-refractivity contribution in [3.05, 3.63) is 78.1 Å². The molecule has 0 saturated heterocycles. The minimum absolute atomic E-state index is 0.189. The molecule has 3 aromatic carbocycles. The first-order valence-electron chi connectivity index (χ1n) is 9.09. The van der Waals surface area contributed by atoms with Crippen molar-refractivity contribution in [1.29, 1.82) is 0 Å². The Bertz CT molecular complexity index is 1150. The van der Waals surface area contributed by atoms with Crippen molar-refractivity contribution in [3.63, 3.8) is 0 Å². The standard InChI is InChI=1S/C24H20O5/c1-26-19-13-16(14-20(27-2)23(19)28-3)21-17-11-7-8-12-18(17)29-24(21)22(25)15-9-5-4-6-10-15/h4-14H,1-3H3. The third-order valence-corrected chi connectivity index (χ3v) is 4.79. The van der Waals surface area contributed by atoms with Crippen LogP contribution in [0.5, 0.6) is 17.2 Å². The molecule has 29 heavy (non-hydrogen) atoms. The lowest BCUT2D eigenvalue weighted by Crippen LogP contribution is -2.02. The Morgan fingerprint density at radius 2 is 1.41 bits per heavy atom. The van der Waals surface area contributed by atoms with E-state index in [0.29, 0.717) is 34.0 Å². The second-order valence-electron chi connectivity index (χ2n) is 6.41. The molecule has 1 aromatic heterocycles. The van der Waals surface area contributed by atoms with Gasteiger partial charge in [0.15, 0.2) is 17.3 Å². The van der Waals surface area contributed by atoms with Gasteiger partial charge in [-0.25, -0.2) is 0 Å². The van der Waals surface area contributed by atoms with Gasteiger partial charge >= 0.3 is 0 Å². The van der Waals surface area contributed by atoms with Crippen LogP contribution >= 0.6 is 0 Å². The summed E-state index contributed by atoms with van der Waals surface area (Å²) < 4.78 is 22.4. The molecule has 0 N–H and O–H groups in total. The fourth-order valence-corrected chi connectivity index (χ4v) is 3.44. The number of para-hydroxylation sites is 1. The van der Waals surface area contributed by atoms with Gasteiger partial charge in [0.2, 0.25) is 11.5 Å². The smallest absolute Gasteiger partial charge is 0.228 e. The summed E-state index contributed by atoms with van der Waals surface area (Å²) in [5.74, 6) is 1.58. The molecule has 1 heterocycles. The summed E-state index contributed by atoms with van der Waals surface area (Å²) in [7, 11) is 4.67. The Labute approximate surface area is 168 Å². The maximum absolute atomic E-state index is 13.3. The lowest BCUT2D eigenvalue weighted by molar-refractivity contribution is 0.101. The van der Waals surface area contributed by atoms with Crippen LogP contribution in [0.15, 0.2) is 71.1 Å². The number of rotatable bonds is 6. The van der Waals surface area contributed by atoms with E-state index >= 15 is 0 Å². The molecule has 0 saturated carbocycles. The van der Waals surface area contributed by atoms with E-state index < -0.39 is 0 Å². The zero-order valence-electron chi connectivity index (χ0n) is 16.4. The molecule has 0 amide bonds.